The highest BCUT2D eigenvalue weighted by atomic mass is 16.5. The third kappa shape index (κ3) is 3.65. The van der Waals surface area contributed by atoms with E-state index in [0.29, 0.717) is 19.0 Å². The molecule has 0 aromatic heterocycles. The molecule has 0 atom stereocenters. The van der Waals surface area contributed by atoms with Crippen LogP contribution in [-0.4, -0.2) is 29.4 Å². The Bertz CT molecular complexity index is 580. The molecule has 0 bridgehead atoms. The lowest BCUT2D eigenvalue weighted by Crippen LogP contribution is -2.09. The summed E-state index contributed by atoms with van der Waals surface area (Å²) in [4.78, 5) is 10.7. The Balaban J connectivity index is 1.83. The molecule has 5 heteroatoms. The number of benzene rings is 2. The van der Waals surface area contributed by atoms with Crippen LogP contribution in [0.3, 0.4) is 0 Å². The van der Waals surface area contributed by atoms with Crippen LogP contribution in [0.4, 0.5) is 0 Å². The van der Waals surface area contributed by atoms with E-state index < -0.39 is 5.97 Å². The molecule has 0 aliphatic carbocycles. The zero-order valence-electron chi connectivity index (χ0n) is 10.7. The maximum Gasteiger partial charge on any atom is 0.339 e. The summed E-state index contributed by atoms with van der Waals surface area (Å²) >= 11 is 0. The van der Waals surface area contributed by atoms with Gasteiger partial charge in [0.15, 0.2) is 0 Å². The molecular formula is C15H14O5. The van der Waals surface area contributed by atoms with Gasteiger partial charge in [-0.3, -0.25) is 0 Å². The largest absolute Gasteiger partial charge is 0.507 e. The Morgan fingerprint density at radius 3 is 2.20 bits per heavy atom. The predicted octanol–water partition coefficient (Wildman–Crippen LogP) is 2.55. The topological polar surface area (TPSA) is 76.0 Å². The Labute approximate surface area is 116 Å². The second kappa shape index (κ2) is 6.47. The van der Waals surface area contributed by atoms with Gasteiger partial charge in [-0.1, -0.05) is 18.2 Å². The van der Waals surface area contributed by atoms with Gasteiger partial charge < -0.3 is 19.7 Å². The zero-order valence-corrected chi connectivity index (χ0v) is 10.7. The second-order valence-corrected chi connectivity index (χ2v) is 3.99. The first kappa shape index (κ1) is 13.7. The number of carboxylic acids is 1. The van der Waals surface area contributed by atoms with Crippen molar-refractivity contribution in [3.63, 3.8) is 0 Å². The molecule has 0 heterocycles. The van der Waals surface area contributed by atoms with Crippen molar-refractivity contribution >= 4 is 5.97 Å². The van der Waals surface area contributed by atoms with Crippen LogP contribution in [0.5, 0.6) is 17.2 Å². The van der Waals surface area contributed by atoms with Crippen molar-refractivity contribution in [2.75, 3.05) is 13.2 Å². The van der Waals surface area contributed by atoms with Crippen LogP contribution >= 0.6 is 0 Å². The highest BCUT2D eigenvalue weighted by Crippen LogP contribution is 2.23. The number of hydrogen-bond acceptors (Lipinski definition) is 4. The smallest absolute Gasteiger partial charge is 0.339 e. The molecule has 0 saturated carbocycles. The molecule has 0 fully saturated rings. The zero-order chi connectivity index (χ0) is 14.4. The van der Waals surface area contributed by atoms with Gasteiger partial charge in [0.1, 0.15) is 36.0 Å². The van der Waals surface area contributed by atoms with Crippen LogP contribution in [-0.2, 0) is 0 Å². The van der Waals surface area contributed by atoms with Crippen LogP contribution in [0.1, 0.15) is 10.4 Å². The van der Waals surface area contributed by atoms with Crippen LogP contribution in [0.25, 0.3) is 0 Å². The number of rotatable bonds is 6. The molecule has 0 spiro atoms. The summed E-state index contributed by atoms with van der Waals surface area (Å²) in [6, 6.07) is 13.4. The molecule has 0 aliphatic heterocycles. The fraction of sp³-hybridized carbons (Fsp3) is 0.133. The lowest BCUT2D eigenvalue weighted by atomic mass is 10.2. The summed E-state index contributed by atoms with van der Waals surface area (Å²) in [7, 11) is 0. The van der Waals surface area contributed by atoms with Crippen molar-refractivity contribution in [1.29, 1.82) is 0 Å². The van der Waals surface area contributed by atoms with E-state index >= 15 is 0 Å². The monoisotopic (exact) mass is 274 g/mol. The Kier molecular flexibility index (Phi) is 4.44. The molecule has 2 rings (SSSR count). The van der Waals surface area contributed by atoms with Gasteiger partial charge in [0.05, 0.1) is 0 Å². The van der Waals surface area contributed by atoms with E-state index in [1.165, 1.54) is 18.2 Å². The van der Waals surface area contributed by atoms with Crippen molar-refractivity contribution in [3.8, 4) is 17.2 Å². The van der Waals surface area contributed by atoms with Crippen LogP contribution in [0.2, 0.25) is 0 Å². The summed E-state index contributed by atoms with van der Waals surface area (Å²) in [5.41, 5.74) is -0.155. The first-order valence-corrected chi connectivity index (χ1v) is 6.04. The minimum Gasteiger partial charge on any atom is -0.507 e. The average Bonchev–Trinajstić information content (AvgIpc) is 2.44. The summed E-state index contributed by atoms with van der Waals surface area (Å²) in [6.45, 7) is 0.645. The molecule has 5 nitrogen and oxygen atoms in total. The number of ether oxygens (including phenoxy) is 2. The Morgan fingerprint density at radius 1 is 0.950 bits per heavy atom. The van der Waals surface area contributed by atoms with Crippen LogP contribution in [0, 0.1) is 0 Å². The maximum absolute atomic E-state index is 10.7. The lowest BCUT2D eigenvalue weighted by Gasteiger charge is -2.09. The third-order valence-corrected chi connectivity index (χ3v) is 2.56. The third-order valence-electron chi connectivity index (χ3n) is 2.56. The predicted molar refractivity (Wildman–Crippen MR) is 72.5 cm³/mol. The van der Waals surface area contributed by atoms with Gasteiger partial charge in [-0.15, -0.1) is 0 Å². The maximum atomic E-state index is 10.7. The summed E-state index contributed by atoms with van der Waals surface area (Å²) in [5.74, 6) is -0.357. The Hall–Kier alpha value is -2.69. The summed E-state index contributed by atoms with van der Waals surface area (Å²) in [5, 5.41) is 18.3. The Morgan fingerprint density at radius 2 is 1.60 bits per heavy atom. The highest BCUT2D eigenvalue weighted by molar-refractivity contribution is 5.90. The van der Waals surface area contributed by atoms with Gasteiger partial charge in [0.2, 0.25) is 0 Å². The molecule has 0 unspecified atom stereocenters. The van der Waals surface area contributed by atoms with E-state index in [4.69, 9.17) is 14.6 Å². The number of aromatic carboxylic acids is 1. The molecular weight excluding hydrogens is 260 g/mol. The molecule has 0 amide bonds. The lowest BCUT2D eigenvalue weighted by molar-refractivity contribution is 0.0693. The van der Waals surface area contributed by atoms with Crippen molar-refractivity contribution in [2.45, 2.75) is 0 Å². The molecule has 104 valence electrons. The van der Waals surface area contributed by atoms with E-state index in [9.17, 15) is 9.90 Å². The van der Waals surface area contributed by atoms with Gasteiger partial charge in [0.25, 0.3) is 0 Å². The number of aromatic hydroxyl groups is 1. The van der Waals surface area contributed by atoms with Gasteiger partial charge in [-0.25, -0.2) is 4.79 Å². The quantitative estimate of drug-likeness (QED) is 0.792. The first-order chi connectivity index (χ1) is 9.66. The molecule has 2 aromatic carbocycles. The van der Waals surface area contributed by atoms with E-state index in [0.717, 1.165) is 5.75 Å². The molecule has 0 radical (unpaired) electrons. The van der Waals surface area contributed by atoms with Gasteiger partial charge >= 0.3 is 5.97 Å². The van der Waals surface area contributed by atoms with Crippen molar-refractivity contribution in [2.24, 2.45) is 0 Å². The number of hydrogen-bond donors (Lipinski definition) is 2. The molecule has 0 aliphatic rings. The average molecular weight is 274 g/mol. The summed E-state index contributed by atoms with van der Waals surface area (Å²) in [6.07, 6.45) is 0. The van der Waals surface area contributed by atoms with Gasteiger partial charge in [-0.2, -0.15) is 0 Å². The number of carboxylic acid groups (broad SMARTS) is 1. The van der Waals surface area contributed by atoms with Crippen molar-refractivity contribution in [3.05, 3.63) is 54.1 Å². The van der Waals surface area contributed by atoms with Crippen LogP contribution < -0.4 is 9.47 Å². The second-order valence-electron chi connectivity index (χ2n) is 3.99. The number of carbonyl (C=O) groups is 1. The van der Waals surface area contributed by atoms with Crippen molar-refractivity contribution < 1.29 is 24.5 Å². The van der Waals surface area contributed by atoms with E-state index in [-0.39, 0.29) is 11.3 Å². The van der Waals surface area contributed by atoms with E-state index in [1.807, 2.05) is 30.3 Å². The normalized spacial score (nSPS) is 10.0. The molecule has 2 N–H and O–H groups in total. The fourth-order valence-corrected chi connectivity index (χ4v) is 1.62. The molecule has 2 aromatic rings. The summed E-state index contributed by atoms with van der Waals surface area (Å²) < 4.78 is 10.8. The van der Waals surface area contributed by atoms with E-state index in [1.54, 1.807) is 0 Å². The number of para-hydroxylation sites is 1. The standard InChI is InChI=1S/C15H14O5/c16-14-10-12(6-7-13(14)15(17)18)20-9-8-19-11-4-2-1-3-5-11/h1-7,10,16H,8-9H2,(H,17,18). The minimum absolute atomic E-state index is 0.155. The van der Waals surface area contributed by atoms with Crippen molar-refractivity contribution in [1.82, 2.24) is 0 Å². The number of phenols is 1. The van der Waals surface area contributed by atoms with Gasteiger partial charge in [0, 0.05) is 6.07 Å². The van der Waals surface area contributed by atoms with E-state index in [2.05, 4.69) is 0 Å². The molecule has 20 heavy (non-hydrogen) atoms. The SMILES string of the molecule is O=C(O)c1ccc(OCCOc2ccccc2)cc1O. The fourth-order valence-electron chi connectivity index (χ4n) is 1.62. The minimum atomic E-state index is -1.18. The highest BCUT2D eigenvalue weighted by Gasteiger charge is 2.09. The van der Waals surface area contributed by atoms with Gasteiger partial charge in [-0.05, 0) is 24.3 Å². The molecule has 0 saturated heterocycles. The first-order valence-electron chi connectivity index (χ1n) is 6.04. The van der Waals surface area contributed by atoms with Crippen LogP contribution in [0.15, 0.2) is 48.5 Å².